The minimum atomic E-state index is -1.33. The van der Waals surface area contributed by atoms with Crippen molar-refractivity contribution in [2.45, 2.75) is 6.61 Å². The third-order valence-corrected chi connectivity index (χ3v) is 2.54. The number of halogens is 3. The van der Waals surface area contributed by atoms with E-state index in [2.05, 4.69) is 0 Å². The molecule has 0 aliphatic rings. The summed E-state index contributed by atoms with van der Waals surface area (Å²) in [5.74, 6) is -3.46. The van der Waals surface area contributed by atoms with Gasteiger partial charge in [-0.2, -0.15) is 4.39 Å². The second-order valence-corrected chi connectivity index (χ2v) is 3.81. The Morgan fingerprint density at radius 3 is 2.16 bits per heavy atom. The van der Waals surface area contributed by atoms with Crippen LogP contribution in [0.5, 0.6) is 11.5 Å². The monoisotopic (exact) mass is 268 g/mol. The Morgan fingerprint density at radius 2 is 1.53 bits per heavy atom. The van der Waals surface area contributed by atoms with Gasteiger partial charge in [0, 0.05) is 0 Å². The predicted octanol–water partition coefficient (Wildman–Crippen LogP) is 3.69. The lowest BCUT2D eigenvalue weighted by atomic mass is 10.2. The first-order chi connectivity index (χ1) is 9.11. The number of hydrogen-bond donors (Lipinski definition) is 0. The molecule has 0 atom stereocenters. The molecule has 0 amide bonds. The highest BCUT2D eigenvalue weighted by Crippen LogP contribution is 2.24. The molecule has 0 fully saturated rings. The molecule has 0 unspecified atom stereocenters. The summed E-state index contributed by atoms with van der Waals surface area (Å²) >= 11 is 0. The van der Waals surface area contributed by atoms with Crippen LogP contribution in [0.4, 0.5) is 13.2 Å². The lowest BCUT2D eigenvalue weighted by Crippen LogP contribution is -2.01. The van der Waals surface area contributed by atoms with Gasteiger partial charge in [0.05, 0.1) is 7.11 Å². The van der Waals surface area contributed by atoms with Gasteiger partial charge in [-0.25, -0.2) is 8.78 Å². The van der Waals surface area contributed by atoms with Crippen LogP contribution in [0.2, 0.25) is 0 Å². The fraction of sp³-hybridized carbons (Fsp3) is 0.143. The van der Waals surface area contributed by atoms with Crippen molar-refractivity contribution in [3.63, 3.8) is 0 Å². The van der Waals surface area contributed by atoms with E-state index in [9.17, 15) is 13.2 Å². The summed E-state index contributed by atoms with van der Waals surface area (Å²) < 4.78 is 49.5. The second kappa shape index (κ2) is 5.65. The lowest BCUT2D eigenvalue weighted by molar-refractivity contribution is 0.268. The molecule has 0 saturated heterocycles. The lowest BCUT2D eigenvalue weighted by Gasteiger charge is -2.09. The first-order valence-electron chi connectivity index (χ1n) is 5.51. The van der Waals surface area contributed by atoms with Crippen LogP contribution < -0.4 is 9.47 Å². The Bertz CT molecular complexity index is 568. The molecular formula is C14H11F3O2. The number of hydrogen-bond acceptors (Lipinski definition) is 2. The van der Waals surface area contributed by atoms with Crippen molar-refractivity contribution >= 4 is 0 Å². The molecule has 100 valence electrons. The molecule has 0 aromatic heterocycles. The van der Waals surface area contributed by atoms with Crippen molar-refractivity contribution in [2.75, 3.05) is 7.11 Å². The number of ether oxygens (including phenoxy) is 2. The summed E-state index contributed by atoms with van der Waals surface area (Å²) in [5.41, 5.74) is 0.684. The van der Waals surface area contributed by atoms with Crippen LogP contribution in [0.1, 0.15) is 5.56 Å². The molecule has 2 aromatic rings. The maximum Gasteiger partial charge on any atom is 0.203 e. The van der Waals surface area contributed by atoms with Gasteiger partial charge in [0.15, 0.2) is 17.4 Å². The van der Waals surface area contributed by atoms with Crippen LogP contribution in [-0.2, 0) is 6.61 Å². The predicted molar refractivity (Wildman–Crippen MR) is 63.6 cm³/mol. The quantitative estimate of drug-likeness (QED) is 0.787. The summed E-state index contributed by atoms with van der Waals surface area (Å²) in [7, 11) is 1.53. The number of methoxy groups -OCH3 is 1. The third-order valence-electron chi connectivity index (χ3n) is 2.54. The zero-order chi connectivity index (χ0) is 13.8. The molecule has 2 aromatic carbocycles. The normalized spacial score (nSPS) is 10.3. The molecule has 0 saturated carbocycles. The highest BCUT2D eigenvalue weighted by Gasteiger charge is 2.15. The summed E-state index contributed by atoms with van der Waals surface area (Å²) in [6.07, 6.45) is 0. The molecule has 5 heteroatoms. The summed E-state index contributed by atoms with van der Waals surface area (Å²) in [5, 5.41) is 0. The number of benzene rings is 2. The van der Waals surface area contributed by atoms with E-state index in [1.807, 2.05) is 0 Å². The smallest absolute Gasteiger partial charge is 0.203 e. The van der Waals surface area contributed by atoms with Gasteiger partial charge in [0.2, 0.25) is 5.82 Å². The van der Waals surface area contributed by atoms with E-state index >= 15 is 0 Å². The Kier molecular flexibility index (Phi) is 3.94. The molecule has 2 nitrogen and oxygen atoms in total. The van der Waals surface area contributed by atoms with Gasteiger partial charge in [0.1, 0.15) is 12.4 Å². The van der Waals surface area contributed by atoms with E-state index in [1.165, 1.54) is 7.11 Å². The number of rotatable bonds is 4. The Hall–Kier alpha value is -2.17. The zero-order valence-corrected chi connectivity index (χ0v) is 10.1. The molecule has 2 rings (SSSR count). The molecular weight excluding hydrogens is 257 g/mol. The Labute approximate surface area is 108 Å². The summed E-state index contributed by atoms with van der Waals surface area (Å²) in [6.45, 7) is -0.0682. The molecule has 0 aliphatic heterocycles. The van der Waals surface area contributed by atoms with Crippen molar-refractivity contribution in [1.82, 2.24) is 0 Å². The average Bonchev–Trinajstić information content (AvgIpc) is 2.44. The minimum Gasteiger partial charge on any atom is -0.497 e. The Balaban J connectivity index is 2.12. The zero-order valence-electron chi connectivity index (χ0n) is 10.1. The van der Waals surface area contributed by atoms with Gasteiger partial charge < -0.3 is 9.47 Å². The van der Waals surface area contributed by atoms with E-state index in [4.69, 9.17) is 9.47 Å². The molecule has 0 N–H and O–H groups in total. The van der Waals surface area contributed by atoms with E-state index in [0.717, 1.165) is 6.07 Å². The van der Waals surface area contributed by atoms with Crippen molar-refractivity contribution in [2.24, 2.45) is 0 Å². The Morgan fingerprint density at radius 1 is 0.895 bits per heavy atom. The fourth-order valence-corrected chi connectivity index (χ4v) is 1.52. The van der Waals surface area contributed by atoms with Crippen molar-refractivity contribution in [3.8, 4) is 11.5 Å². The standard InChI is InChI=1S/C14H11F3O2/c1-18-10-4-2-9(3-5-10)8-19-14-12(16)7-6-11(15)13(14)17/h2-7H,8H2,1H3. The van der Waals surface area contributed by atoms with Crippen LogP contribution in [0.3, 0.4) is 0 Å². The molecule has 19 heavy (non-hydrogen) atoms. The fourth-order valence-electron chi connectivity index (χ4n) is 1.52. The van der Waals surface area contributed by atoms with Crippen LogP contribution >= 0.6 is 0 Å². The highest BCUT2D eigenvalue weighted by atomic mass is 19.2. The van der Waals surface area contributed by atoms with Gasteiger partial charge in [0.25, 0.3) is 0 Å². The van der Waals surface area contributed by atoms with E-state index in [0.29, 0.717) is 17.4 Å². The van der Waals surface area contributed by atoms with E-state index in [-0.39, 0.29) is 6.61 Å². The van der Waals surface area contributed by atoms with Gasteiger partial charge in [-0.05, 0) is 29.8 Å². The maximum atomic E-state index is 13.3. The van der Waals surface area contributed by atoms with Gasteiger partial charge in [-0.15, -0.1) is 0 Å². The van der Waals surface area contributed by atoms with Crippen LogP contribution in [0.25, 0.3) is 0 Å². The molecule has 0 aliphatic carbocycles. The van der Waals surface area contributed by atoms with Crippen LogP contribution in [0.15, 0.2) is 36.4 Å². The first kappa shape index (κ1) is 13.3. The van der Waals surface area contributed by atoms with Crippen LogP contribution in [-0.4, -0.2) is 7.11 Å². The molecule has 0 heterocycles. The summed E-state index contributed by atoms with van der Waals surface area (Å²) in [6, 6.07) is 8.29. The van der Waals surface area contributed by atoms with E-state index < -0.39 is 23.2 Å². The topological polar surface area (TPSA) is 18.5 Å². The molecule has 0 spiro atoms. The largest absolute Gasteiger partial charge is 0.497 e. The van der Waals surface area contributed by atoms with Crippen molar-refractivity contribution in [1.29, 1.82) is 0 Å². The third kappa shape index (κ3) is 2.99. The van der Waals surface area contributed by atoms with Gasteiger partial charge in [-0.1, -0.05) is 12.1 Å². The summed E-state index contributed by atoms with van der Waals surface area (Å²) in [4.78, 5) is 0. The van der Waals surface area contributed by atoms with E-state index in [1.54, 1.807) is 24.3 Å². The van der Waals surface area contributed by atoms with Gasteiger partial charge >= 0.3 is 0 Å². The second-order valence-electron chi connectivity index (χ2n) is 3.81. The first-order valence-corrected chi connectivity index (χ1v) is 5.51. The highest BCUT2D eigenvalue weighted by molar-refractivity contribution is 5.29. The average molecular weight is 268 g/mol. The van der Waals surface area contributed by atoms with Crippen LogP contribution in [0, 0.1) is 17.5 Å². The van der Waals surface area contributed by atoms with Crippen molar-refractivity contribution in [3.05, 3.63) is 59.4 Å². The molecule has 0 radical (unpaired) electrons. The SMILES string of the molecule is COc1ccc(COc2c(F)ccc(F)c2F)cc1. The minimum absolute atomic E-state index is 0.0682. The van der Waals surface area contributed by atoms with Crippen molar-refractivity contribution < 1.29 is 22.6 Å². The molecule has 0 bridgehead atoms. The van der Waals surface area contributed by atoms with Gasteiger partial charge in [-0.3, -0.25) is 0 Å². The maximum absolute atomic E-state index is 13.3.